The number of nitrogens with one attached hydrogen (secondary N) is 3. The van der Waals surface area contributed by atoms with Gasteiger partial charge in [-0.2, -0.15) is 0 Å². The number of amides is 2. The molecule has 2 amide bonds. The minimum absolute atomic E-state index is 0.0767. The number of para-hydroxylation sites is 2. The van der Waals surface area contributed by atoms with E-state index in [-0.39, 0.29) is 12.2 Å². The summed E-state index contributed by atoms with van der Waals surface area (Å²) in [6.07, 6.45) is 0. The van der Waals surface area contributed by atoms with Gasteiger partial charge in [0.15, 0.2) is 0 Å². The Labute approximate surface area is 182 Å². The summed E-state index contributed by atoms with van der Waals surface area (Å²) >= 11 is 3.43. The molecular weight excluding hydrogens is 450 g/mol. The standard InChI is InChI=1S/C21H22BrN5O3/c1-14-18(21(30)27(26(14)2)15-8-4-3-5-9-15)25-20(29)19(28)24-13-12-23-17-11-7-6-10-16(17)22/h3-11,23H,12-13H2,1-2H3,(H,24,28)(H,25,29). The Morgan fingerprint density at radius 3 is 2.33 bits per heavy atom. The van der Waals surface area contributed by atoms with Crippen LogP contribution < -0.4 is 21.5 Å². The van der Waals surface area contributed by atoms with E-state index in [2.05, 4.69) is 31.9 Å². The highest BCUT2D eigenvalue weighted by Gasteiger charge is 2.21. The van der Waals surface area contributed by atoms with Crippen molar-refractivity contribution in [2.24, 2.45) is 7.05 Å². The van der Waals surface area contributed by atoms with Crippen LogP contribution in [0.4, 0.5) is 11.4 Å². The number of carbonyl (C=O) groups excluding carboxylic acids is 2. The van der Waals surface area contributed by atoms with E-state index >= 15 is 0 Å². The van der Waals surface area contributed by atoms with Gasteiger partial charge in [0, 0.05) is 30.3 Å². The van der Waals surface area contributed by atoms with Gasteiger partial charge < -0.3 is 16.0 Å². The van der Waals surface area contributed by atoms with Crippen LogP contribution in [0.1, 0.15) is 5.69 Å². The molecule has 0 atom stereocenters. The lowest BCUT2D eigenvalue weighted by Gasteiger charge is -2.09. The molecule has 0 spiro atoms. The summed E-state index contributed by atoms with van der Waals surface area (Å²) in [6.45, 7) is 2.39. The van der Waals surface area contributed by atoms with Gasteiger partial charge >= 0.3 is 11.8 Å². The summed E-state index contributed by atoms with van der Waals surface area (Å²) in [5.41, 5.74) is 1.76. The van der Waals surface area contributed by atoms with Gasteiger partial charge in [0.05, 0.1) is 11.4 Å². The lowest BCUT2D eigenvalue weighted by molar-refractivity contribution is -0.136. The van der Waals surface area contributed by atoms with E-state index in [1.54, 1.807) is 30.8 Å². The molecule has 0 aliphatic carbocycles. The third-order valence-corrected chi connectivity index (χ3v) is 5.29. The fourth-order valence-corrected chi connectivity index (χ4v) is 3.37. The van der Waals surface area contributed by atoms with Crippen LogP contribution in [-0.2, 0) is 16.6 Å². The van der Waals surface area contributed by atoms with Gasteiger partial charge in [-0.05, 0) is 47.1 Å². The normalized spacial score (nSPS) is 10.5. The van der Waals surface area contributed by atoms with Gasteiger partial charge in [0.2, 0.25) is 0 Å². The summed E-state index contributed by atoms with van der Waals surface area (Å²) in [4.78, 5) is 37.2. The van der Waals surface area contributed by atoms with Crippen LogP contribution in [0.2, 0.25) is 0 Å². The van der Waals surface area contributed by atoms with E-state index < -0.39 is 17.4 Å². The van der Waals surface area contributed by atoms with E-state index in [9.17, 15) is 14.4 Å². The van der Waals surface area contributed by atoms with Gasteiger partial charge in [0.25, 0.3) is 5.56 Å². The number of benzene rings is 2. The van der Waals surface area contributed by atoms with Crippen LogP contribution in [-0.4, -0.2) is 34.3 Å². The molecule has 30 heavy (non-hydrogen) atoms. The van der Waals surface area contributed by atoms with Gasteiger partial charge in [-0.25, -0.2) is 4.68 Å². The smallest absolute Gasteiger partial charge is 0.313 e. The maximum absolute atomic E-state index is 12.8. The Kier molecular flexibility index (Phi) is 6.73. The first-order valence-corrected chi connectivity index (χ1v) is 10.1. The highest BCUT2D eigenvalue weighted by atomic mass is 79.9. The third kappa shape index (κ3) is 4.62. The maximum atomic E-state index is 12.8. The zero-order valence-corrected chi connectivity index (χ0v) is 18.2. The Balaban J connectivity index is 1.61. The lowest BCUT2D eigenvalue weighted by Crippen LogP contribution is -2.38. The molecule has 3 aromatic rings. The fourth-order valence-electron chi connectivity index (χ4n) is 2.94. The number of carbonyl (C=O) groups is 2. The second kappa shape index (κ2) is 9.45. The van der Waals surface area contributed by atoms with Crippen LogP contribution in [0.3, 0.4) is 0 Å². The highest BCUT2D eigenvalue weighted by molar-refractivity contribution is 9.10. The van der Waals surface area contributed by atoms with E-state index in [0.717, 1.165) is 10.2 Å². The second-order valence-electron chi connectivity index (χ2n) is 6.55. The van der Waals surface area contributed by atoms with E-state index in [4.69, 9.17) is 0 Å². The number of rotatable bonds is 6. The molecule has 0 aliphatic heterocycles. The molecule has 156 valence electrons. The quantitative estimate of drug-likeness (QED) is 0.379. The van der Waals surface area contributed by atoms with Crippen molar-refractivity contribution >= 4 is 39.1 Å². The molecule has 0 aliphatic rings. The lowest BCUT2D eigenvalue weighted by atomic mass is 10.3. The maximum Gasteiger partial charge on any atom is 0.313 e. The average Bonchev–Trinajstić information content (AvgIpc) is 2.96. The minimum atomic E-state index is -0.887. The van der Waals surface area contributed by atoms with Crippen molar-refractivity contribution in [3.8, 4) is 5.69 Å². The number of anilines is 2. The van der Waals surface area contributed by atoms with Crippen molar-refractivity contribution < 1.29 is 9.59 Å². The minimum Gasteiger partial charge on any atom is -0.382 e. The van der Waals surface area contributed by atoms with Crippen LogP contribution in [0.5, 0.6) is 0 Å². The summed E-state index contributed by atoms with van der Waals surface area (Å²) in [5, 5.41) is 8.14. The molecule has 0 saturated carbocycles. The molecule has 0 bridgehead atoms. The third-order valence-electron chi connectivity index (χ3n) is 4.60. The predicted octanol–water partition coefficient (Wildman–Crippen LogP) is 2.41. The average molecular weight is 472 g/mol. The summed E-state index contributed by atoms with van der Waals surface area (Å²) in [6, 6.07) is 16.7. The fraction of sp³-hybridized carbons (Fsp3) is 0.190. The molecule has 3 N–H and O–H groups in total. The van der Waals surface area contributed by atoms with Crippen molar-refractivity contribution in [3.05, 3.63) is 75.1 Å². The first kappa shape index (κ1) is 21.4. The van der Waals surface area contributed by atoms with Crippen LogP contribution in [0.25, 0.3) is 5.69 Å². The largest absolute Gasteiger partial charge is 0.382 e. The van der Waals surface area contributed by atoms with E-state index in [1.165, 1.54) is 4.68 Å². The topological polar surface area (TPSA) is 97.2 Å². The molecule has 1 heterocycles. The van der Waals surface area contributed by atoms with Gasteiger partial charge in [-0.3, -0.25) is 19.1 Å². The first-order chi connectivity index (χ1) is 14.4. The van der Waals surface area contributed by atoms with Crippen LogP contribution in [0.15, 0.2) is 63.9 Å². The highest BCUT2D eigenvalue weighted by Crippen LogP contribution is 2.20. The number of aromatic nitrogens is 2. The summed E-state index contributed by atoms with van der Waals surface area (Å²) < 4.78 is 3.97. The molecule has 0 unspecified atom stereocenters. The molecule has 0 radical (unpaired) electrons. The Morgan fingerprint density at radius 1 is 0.967 bits per heavy atom. The zero-order valence-electron chi connectivity index (χ0n) is 16.6. The van der Waals surface area contributed by atoms with Crippen molar-refractivity contribution in [1.29, 1.82) is 0 Å². The Bertz CT molecular complexity index is 1120. The van der Waals surface area contributed by atoms with E-state index in [0.29, 0.717) is 17.9 Å². The Morgan fingerprint density at radius 2 is 1.63 bits per heavy atom. The van der Waals surface area contributed by atoms with E-state index in [1.807, 2.05) is 42.5 Å². The number of nitrogens with zero attached hydrogens (tertiary/aromatic N) is 2. The molecule has 1 aromatic heterocycles. The van der Waals surface area contributed by atoms with Crippen molar-refractivity contribution in [1.82, 2.24) is 14.7 Å². The molecular formula is C21H22BrN5O3. The number of hydrogen-bond acceptors (Lipinski definition) is 4. The number of halogens is 1. The van der Waals surface area contributed by atoms with Crippen LogP contribution in [0, 0.1) is 6.92 Å². The molecule has 3 rings (SSSR count). The van der Waals surface area contributed by atoms with Crippen LogP contribution >= 0.6 is 15.9 Å². The van der Waals surface area contributed by atoms with Crippen molar-refractivity contribution in [3.63, 3.8) is 0 Å². The van der Waals surface area contributed by atoms with Crippen molar-refractivity contribution in [2.75, 3.05) is 23.7 Å². The molecule has 9 heteroatoms. The first-order valence-electron chi connectivity index (χ1n) is 9.31. The predicted molar refractivity (Wildman–Crippen MR) is 120 cm³/mol. The molecule has 2 aromatic carbocycles. The monoisotopic (exact) mass is 471 g/mol. The molecule has 0 fully saturated rings. The summed E-state index contributed by atoms with van der Waals surface area (Å²) in [5.74, 6) is -1.69. The molecule has 0 saturated heterocycles. The Hall–Kier alpha value is -3.33. The zero-order chi connectivity index (χ0) is 21.7. The number of hydrogen-bond donors (Lipinski definition) is 3. The van der Waals surface area contributed by atoms with Gasteiger partial charge in [0.1, 0.15) is 5.69 Å². The SMILES string of the molecule is Cc1c(NC(=O)C(=O)NCCNc2ccccc2Br)c(=O)n(-c2ccccc2)n1C. The van der Waals surface area contributed by atoms with Crippen molar-refractivity contribution in [2.45, 2.75) is 6.92 Å². The summed E-state index contributed by atoms with van der Waals surface area (Å²) in [7, 11) is 1.72. The molecule has 8 nitrogen and oxygen atoms in total. The van der Waals surface area contributed by atoms with Gasteiger partial charge in [-0.1, -0.05) is 30.3 Å². The second-order valence-corrected chi connectivity index (χ2v) is 7.41. The van der Waals surface area contributed by atoms with Gasteiger partial charge in [-0.15, -0.1) is 0 Å².